The maximum absolute atomic E-state index is 11.3. The average molecular weight is 235 g/mol. The molecule has 0 aliphatic carbocycles. The van der Waals surface area contributed by atoms with E-state index >= 15 is 0 Å². The first-order valence-corrected chi connectivity index (χ1v) is 7.32. The molecule has 0 spiro atoms. The van der Waals surface area contributed by atoms with Gasteiger partial charge in [0.15, 0.2) is 0 Å². The third-order valence-corrected chi connectivity index (χ3v) is 3.12. The molecule has 90 valence electrons. The minimum absolute atomic E-state index is 0.103. The fourth-order valence-corrected chi connectivity index (χ4v) is 1.95. The third-order valence-electron chi connectivity index (χ3n) is 2.09. The molecular weight excluding hydrogens is 214 g/mol. The largest absolute Gasteiger partial charge is 0.328 e. The molecule has 5 heteroatoms. The van der Waals surface area contributed by atoms with Crippen LogP contribution in [-0.4, -0.2) is 32.3 Å². The molecular formula is C10H21NO3S. The van der Waals surface area contributed by atoms with Gasteiger partial charge >= 0.3 is 0 Å². The predicted molar refractivity (Wildman–Crippen MR) is 61.5 cm³/mol. The lowest BCUT2D eigenvalue weighted by Crippen LogP contribution is -2.15. The van der Waals surface area contributed by atoms with Gasteiger partial charge in [0.2, 0.25) is 0 Å². The number of Topliss-reactive ketones (excluding diaryl/α,β-unsaturated/α-hetero) is 1. The molecule has 0 saturated heterocycles. The normalized spacial score (nSPS) is 13.8. The van der Waals surface area contributed by atoms with Crippen LogP contribution in [0.3, 0.4) is 0 Å². The lowest BCUT2D eigenvalue weighted by atomic mass is 10.1. The van der Waals surface area contributed by atoms with Gasteiger partial charge in [-0.3, -0.25) is 4.79 Å². The van der Waals surface area contributed by atoms with Crippen LogP contribution < -0.4 is 5.73 Å². The highest BCUT2D eigenvalue weighted by molar-refractivity contribution is 7.90. The van der Waals surface area contributed by atoms with Crippen molar-refractivity contribution in [3.05, 3.63) is 0 Å². The first-order chi connectivity index (χ1) is 6.81. The number of carbonyl (C=O) groups excluding carboxylic acids is 1. The van der Waals surface area contributed by atoms with Gasteiger partial charge in [-0.25, -0.2) is 8.42 Å². The van der Waals surface area contributed by atoms with E-state index in [0.717, 1.165) is 12.8 Å². The lowest BCUT2D eigenvalue weighted by molar-refractivity contribution is -0.119. The molecule has 0 radical (unpaired) electrons. The summed E-state index contributed by atoms with van der Waals surface area (Å²) in [5.74, 6) is 0.241. The Balaban J connectivity index is 3.50. The van der Waals surface area contributed by atoms with E-state index in [2.05, 4.69) is 0 Å². The Morgan fingerprint density at radius 3 is 2.27 bits per heavy atom. The molecule has 0 aliphatic heterocycles. The summed E-state index contributed by atoms with van der Waals surface area (Å²) in [4.78, 5) is 11.3. The zero-order valence-corrected chi connectivity index (χ0v) is 10.3. The van der Waals surface area contributed by atoms with Crippen LogP contribution in [0.1, 0.15) is 39.0 Å². The van der Waals surface area contributed by atoms with Crippen LogP contribution in [0.2, 0.25) is 0 Å². The molecule has 0 saturated carbocycles. The van der Waals surface area contributed by atoms with Crippen molar-refractivity contribution in [3.63, 3.8) is 0 Å². The highest BCUT2D eigenvalue weighted by Crippen LogP contribution is 2.04. The van der Waals surface area contributed by atoms with Gasteiger partial charge in [0.1, 0.15) is 15.6 Å². The smallest absolute Gasteiger partial charge is 0.147 e. The molecule has 0 fully saturated rings. The highest BCUT2D eigenvalue weighted by Gasteiger charge is 2.06. The molecule has 0 rings (SSSR count). The van der Waals surface area contributed by atoms with Crippen LogP contribution in [0, 0.1) is 0 Å². The molecule has 1 atom stereocenters. The molecule has 15 heavy (non-hydrogen) atoms. The van der Waals surface area contributed by atoms with E-state index in [1.807, 2.05) is 6.92 Å². The number of hydrogen-bond acceptors (Lipinski definition) is 4. The minimum atomic E-state index is -2.93. The van der Waals surface area contributed by atoms with E-state index in [1.165, 1.54) is 6.26 Å². The van der Waals surface area contributed by atoms with Gasteiger partial charge in [0, 0.05) is 25.1 Å². The first-order valence-electron chi connectivity index (χ1n) is 5.26. The molecule has 0 amide bonds. The number of sulfone groups is 1. The van der Waals surface area contributed by atoms with E-state index in [9.17, 15) is 13.2 Å². The molecule has 0 aromatic rings. The van der Waals surface area contributed by atoms with Gasteiger partial charge in [0.25, 0.3) is 0 Å². The van der Waals surface area contributed by atoms with Crippen molar-refractivity contribution in [1.29, 1.82) is 0 Å². The Morgan fingerprint density at radius 2 is 1.80 bits per heavy atom. The molecule has 0 heterocycles. The van der Waals surface area contributed by atoms with Crippen molar-refractivity contribution in [1.82, 2.24) is 0 Å². The standard InChI is InChI=1S/C10H21NO3S/c1-9(11)5-3-6-10(12)7-4-8-15(2,13)14/h9H,3-8,11H2,1-2H3. The van der Waals surface area contributed by atoms with Crippen molar-refractivity contribution in [3.8, 4) is 0 Å². The van der Waals surface area contributed by atoms with Crippen molar-refractivity contribution in [2.45, 2.75) is 45.1 Å². The average Bonchev–Trinajstić information content (AvgIpc) is 2.00. The summed E-state index contributed by atoms with van der Waals surface area (Å²) >= 11 is 0. The summed E-state index contributed by atoms with van der Waals surface area (Å²) in [7, 11) is -2.93. The monoisotopic (exact) mass is 235 g/mol. The van der Waals surface area contributed by atoms with Gasteiger partial charge in [0.05, 0.1) is 5.75 Å². The summed E-state index contributed by atoms with van der Waals surface area (Å²) in [5, 5.41) is 0. The zero-order valence-electron chi connectivity index (χ0n) is 9.53. The van der Waals surface area contributed by atoms with E-state index in [-0.39, 0.29) is 17.6 Å². The minimum Gasteiger partial charge on any atom is -0.328 e. The van der Waals surface area contributed by atoms with Gasteiger partial charge in [-0.1, -0.05) is 0 Å². The van der Waals surface area contributed by atoms with Gasteiger partial charge in [-0.15, -0.1) is 0 Å². The van der Waals surface area contributed by atoms with Gasteiger partial charge in [-0.05, 0) is 26.2 Å². The van der Waals surface area contributed by atoms with Crippen LogP contribution >= 0.6 is 0 Å². The fourth-order valence-electron chi connectivity index (χ4n) is 1.28. The van der Waals surface area contributed by atoms with Crippen molar-refractivity contribution < 1.29 is 13.2 Å². The Morgan fingerprint density at radius 1 is 1.27 bits per heavy atom. The highest BCUT2D eigenvalue weighted by atomic mass is 32.2. The molecule has 0 aromatic heterocycles. The van der Waals surface area contributed by atoms with Crippen LogP contribution in [0.4, 0.5) is 0 Å². The SMILES string of the molecule is CC(N)CCCC(=O)CCCS(C)(=O)=O. The number of carbonyl (C=O) groups is 1. The Kier molecular flexibility index (Phi) is 6.76. The molecule has 4 nitrogen and oxygen atoms in total. The van der Waals surface area contributed by atoms with Crippen molar-refractivity contribution >= 4 is 15.6 Å². The second kappa shape index (κ2) is 6.95. The second-order valence-corrected chi connectivity index (χ2v) is 6.40. The molecule has 1 unspecified atom stereocenters. The number of nitrogens with two attached hydrogens (primary N) is 1. The van der Waals surface area contributed by atoms with E-state index in [1.54, 1.807) is 0 Å². The number of ketones is 1. The molecule has 2 N–H and O–H groups in total. The predicted octanol–water partition coefficient (Wildman–Crippen LogP) is 0.898. The topological polar surface area (TPSA) is 77.2 Å². The first kappa shape index (κ1) is 14.6. The molecule has 0 aromatic carbocycles. The summed E-state index contributed by atoms with van der Waals surface area (Å²) in [6.45, 7) is 1.91. The summed E-state index contributed by atoms with van der Waals surface area (Å²) in [6, 6.07) is 0.133. The van der Waals surface area contributed by atoms with Crippen molar-refractivity contribution in [2.75, 3.05) is 12.0 Å². The summed E-state index contributed by atoms with van der Waals surface area (Å²) < 4.78 is 21.6. The zero-order chi connectivity index (χ0) is 11.9. The lowest BCUT2D eigenvalue weighted by Gasteiger charge is -2.03. The second-order valence-electron chi connectivity index (χ2n) is 4.14. The third kappa shape index (κ3) is 11.5. The number of hydrogen-bond donors (Lipinski definition) is 1. The summed E-state index contributed by atoms with van der Waals surface area (Å²) in [5.41, 5.74) is 5.55. The van der Waals surface area contributed by atoms with E-state index < -0.39 is 9.84 Å². The Bertz CT molecular complexity index is 283. The van der Waals surface area contributed by atoms with Crippen LogP contribution in [0.5, 0.6) is 0 Å². The van der Waals surface area contributed by atoms with Gasteiger partial charge in [-0.2, -0.15) is 0 Å². The van der Waals surface area contributed by atoms with Crippen LogP contribution in [0.25, 0.3) is 0 Å². The molecule has 0 aliphatic rings. The van der Waals surface area contributed by atoms with Gasteiger partial charge < -0.3 is 5.73 Å². The Labute approximate surface area is 92.2 Å². The fraction of sp³-hybridized carbons (Fsp3) is 0.900. The number of rotatable bonds is 8. The van der Waals surface area contributed by atoms with Crippen molar-refractivity contribution in [2.24, 2.45) is 5.73 Å². The molecule has 0 bridgehead atoms. The maximum Gasteiger partial charge on any atom is 0.147 e. The van der Waals surface area contributed by atoms with E-state index in [4.69, 9.17) is 5.73 Å². The van der Waals surface area contributed by atoms with Crippen LogP contribution in [0.15, 0.2) is 0 Å². The Hall–Kier alpha value is -0.420. The maximum atomic E-state index is 11.3. The van der Waals surface area contributed by atoms with E-state index in [0.29, 0.717) is 19.3 Å². The van der Waals surface area contributed by atoms with Crippen LogP contribution in [-0.2, 0) is 14.6 Å². The quantitative estimate of drug-likeness (QED) is 0.678. The summed E-state index contributed by atoms with van der Waals surface area (Å²) in [6.07, 6.45) is 4.16.